The molecule has 0 aromatic heterocycles. The number of para-hydroxylation sites is 1. The van der Waals surface area contributed by atoms with Crippen molar-refractivity contribution in [2.75, 3.05) is 12.4 Å². The van der Waals surface area contributed by atoms with Gasteiger partial charge in [-0.25, -0.2) is 0 Å². The highest BCUT2D eigenvalue weighted by molar-refractivity contribution is 14.1. The number of nitrogens with one attached hydrogen (secondary N) is 1. The Morgan fingerprint density at radius 3 is 2.52 bits per heavy atom. The number of benzene rings is 4. The summed E-state index contributed by atoms with van der Waals surface area (Å²) in [5.41, 5.74) is 9.46. The Balaban J connectivity index is 1.17. The zero-order valence-electron chi connectivity index (χ0n) is 23.0. The van der Waals surface area contributed by atoms with Crippen molar-refractivity contribution in [3.05, 3.63) is 128 Å². The van der Waals surface area contributed by atoms with E-state index in [9.17, 15) is 0 Å². The van der Waals surface area contributed by atoms with Gasteiger partial charge in [0.15, 0.2) is 11.5 Å². The Labute approximate surface area is 250 Å². The Morgan fingerprint density at radius 2 is 1.75 bits per heavy atom. The summed E-state index contributed by atoms with van der Waals surface area (Å²) in [6, 6.07) is 28.2. The third-order valence-electron chi connectivity index (χ3n) is 7.80. The first-order chi connectivity index (χ1) is 19.5. The van der Waals surface area contributed by atoms with Gasteiger partial charge >= 0.3 is 0 Å². The van der Waals surface area contributed by atoms with E-state index in [4.69, 9.17) is 14.5 Å². The summed E-state index contributed by atoms with van der Waals surface area (Å²) in [5.74, 6) is 2.47. The van der Waals surface area contributed by atoms with Crippen LogP contribution in [0.25, 0.3) is 0 Å². The summed E-state index contributed by atoms with van der Waals surface area (Å²) in [5, 5.41) is 3.81. The minimum atomic E-state index is 0.287. The van der Waals surface area contributed by atoms with Gasteiger partial charge in [0.1, 0.15) is 6.61 Å². The lowest BCUT2D eigenvalue weighted by Crippen LogP contribution is -2.28. The number of anilines is 1. The van der Waals surface area contributed by atoms with Crippen molar-refractivity contribution in [2.45, 2.75) is 38.8 Å². The quantitative estimate of drug-likeness (QED) is 0.125. The van der Waals surface area contributed by atoms with Gasteiger partial charge in [-0.2, -0.15) is 0 Å². The van der Waals surface area contributed by atoms with Crippen molar-refractivity contribution in [1.29, 1.82) is 0 Å². The molecule has 4 aromatic rings. The molecule has 0 bridgehead atoms. The van der Waals surface area contributed by atoms with Crippen LogP contribution in [0.15, 0.2) is 96.0 Å². The van der Waals surface area contributed by atoms with E-state index in [1.165, 1.54) is 27.9 Å². The lowest BCUT2D eigenvalue weighted by molar-refractivity contribution is 0.282. The number of halogens is 1. The Morgan fingerprint density at radius 1 is 0.975 bits per heavy atom. The maximum Gasteiger partial charge on any atom is 0.174 e. The average Bonchev–Trinajstić information content (AvgIpc) is 3.45. The van der Waals surface area contributed by atoms with Crippen LogP contribution in [-0.4, -0.2) is 13.3 Å². The van der Waals surface area contributed by atoms with Gasteiger partial charge in [-0.15, -0.1) is 0 Å². The maximum absolute atomic E-state index is 6.21. The molecule has 1 aliphatic carbocycles. The molecule has 0 unspecified atom stereocenters. The van der Waals surface area contributed by atoms with Gasteiger partial charge in [-0.05, 0) is 101 Å². The standard InChI is InChI=1S/C35H33IN2O2/c1-22-15-23(2)17-25(16-22)21-40-35-31(36)18-24(19-33(35)39-3)20-37-27-13-11-26(12-14-27)34-30-9-6-8-28(30)29-7-4-5-10-32(29)38-34/h4-8,10-20,28,30,34,38H,9,21H2,1-3H3/t28-,30+,34-/m0/s1. The molecule has 0 saturated carbocycles. The predicted octanol–water partition coefficient (Wildman–Crippen LogP) is 9.07. The van der Waals surface area contributed by atoms with E-state index in [1.54, 1.807) is 7.11 Å². The number of nitrogens with zero attached hydrogens (tertiary/aromatic N) is 1. The summed E-state index contributed by atoms with van der Waals surface area (Å²) in [7, 11) is 1.68. The molecular weight excluding hydrogens is 607 g/mol. The molecule has 1 heterocycles. The molecule has 5 heteroatoms. The van der Waals surface area contributed by atoms with Crippen LogP contribution in [0.5, 0.6) is 11.5 Å². The predicted molar refractivity (Wildman–Crippen MR) is 172 cm³/mol. The zero-order chi connectivity index (χ0) is 27.6. The van der Waals surface area contributed by atoms with Crippen molar-refractivity contribution in [3.8, 4) is 11.5 Å². The van der Waals surface area contributed by atoms with Gasteiger partial charge in [-0.3, -0.25) is 4.99 Å². The highest BCUT2D eigenvalue weighted by Crippen LogP contribution is 2.49. The molecule has 40 heavy (non-hydrogen) atoms. The molecule has 2 aliphatic rings. The van der Waals surface area contributed by atoms with E-state index in [0.717, 1.165) is 32.6 Å². The number of hydrogen-bond acceptors (Lipinski definition) is 4. The third-order valence-corrected chi connectivity index (χ3v) is 8.60. The van der Waals surface area contributed by atoms with Crippen LogP contribution in [0.4, 0.5) is 11.4 Å². The molecular formula is C35H33IN2O2. The van der Waals surface area contributed by atoms with E-state index in [0.29, 0.717) is 24.2 Å². The smallest absolute Gasteiger partial charge is 0.174 e. The van der Waals surface area contributed by atoms with E-state index < -0.39 is 0 Å². The maximum atomic E-state index is 6.21. The van der Waals surface area contributed by atoms with Gasteiger partial charge < -0.3 is 14.8 Å². The van der Waals surface area contributed by atoms with Crippen molar-refractivity contribution in [2.24, 2.45) is 10.9 Å². The van der Waals surface area contributed by atoms with Crippen LogP contribution >= 0.6 is 22.6 Å². The van der Waals surface area contributed by atoms with Crippen LogP contribution in [0.1, 0.15) is 51.8 Å². The van der Waals surface area contributed by atoms with Gasteiger partial charge in [0.2, 0.25) is 0 Å². The molecule has 4 aromatic carbocycles. The van der Waals surface area contributed by atoms with Crippen LogP contribution in [0.3, 0.4) is 0 Å². The number of aliphatic imine (C=N–C) groups is 1. The van der Waals surface area contributed by atoms with Gasteiger partial charge in [0.05, 0.1) is 22.4 Å². The SMILES string of the molecule is COc1cc(C=Nc2ccc([C@@H]3Nc4ccccc4[C@@H]4C=CC[C@H]43)cc2)cc(I)c1OCc1cc(C)cc(C)c1. The number of allylic oxidation sites excluding steroid dienone is 2. The molecule has 1 N–H and O–H groups in total. The fraction of sp³-hybridized carbons (Fsp3) is 0.229. The van der Waals surface area contributed by atoms with E-state index in [2.05, 4.69) is 127 Å². The van der Waals surface area contributed by atoms with E-state index >= 15 is 0 Å². The van der Waals surface area contributed by atoms with Crippen molar-refractivity contribution in [3.63, 3.8) is 0 Å². The van der Waals surface area contributed by atoms with Crippen molar-refractivity contribution in [1.82, 2.24) is 0 Å². The van der Waals surface area contributed by atoms with Crippen LogP contribution in [0.2, 0.25) is 0 Å². The van der Waals surface area contributed by atoms with Gasteiger partial charge in [0, 0.05) is 17.8 Å². The fourth-order valence-corrected chi connectivity index (χ4v) is 6.83. The number of methoxy groups -OCH3 is 1. The fourth-order valence-electron chi connectivity index (χ4n) is 6.05. The van der Waals surface area contributed by atoms with Gasteiger partial charge in [0.25, 0.3) is 0 Å². The monoisotopic (exact) mass is 640 g/mol. The minimum absolute atomic E-state index is 0.287. The Bertz CT molecular complexity index is 1570. The molecule has 0 amide bonds. The van der Waals surface area contributed by atoms with Crippen LogP contribution in [0, 0.1) is 23.3 Å². The number of aryl methyl sites for hydroxylation is 2. The second kappa shape index (κ2) is 11.5. The Kier molecular flexibility index (Phi) is 7.65. The number of hydrogen-bond donors (Lipinski definition) is 1. The molecule has 0 saturated heterocycles. The van der Waals surface area contributed by atoms with Crippen molar-refractivity contribution >= 4 is 40.2 Å². The second-order valence-corrected chi connectivity index (χ2v) is 11.9. The molecule has 4 nitrogen and oxygen atoms in total. The topological polar surface area (TPSA) is 42.8 Å². The second-order valence-electron chi connectivity index (χ2n) is 10.7. The summed E-state index contributed by atoms with van der Waals surface area (Å²) >= 11 is 2.31. The molecule has 3 atom stereocenters. The molecule has 1 aliphatic heterocycles. The average molecular weight is 641 g/mol. The third kappa shape index (κ3) is 5.52. The number of ether oxygens (including phenoxy) is 2. The lowest BCUT2D eigenvalue weighted by atomic mass is 9.77. The molecule has 0 spiro atoms. The van der Waals surface area contributed by atoms with E-state index in [-0.39, 0.29) is 6.04 Å². The lowest BCUT2D eigenvalue weighted by Gasteiger charge is -2.37. The zero-order valence-corrected chi connectivity index (χ0v) is 25.2. The highest BCUT2D eigenvalue weighted by Gasteiger charge is 2.37. The minimum Gasteiger partial charge on any atom is -0.493 e. The summed E-state index contributed by atoms with van der Waals surface area (Å²) in [6.45, 7) is 4.71. The molecule has 0 radical (unpaired) electrons. The normalized spacial score (nSPS) is 19.2. The van der Waals surface area contributed by atoms with Crippen LogP contribution in [-0.2, 0) is 6.61 Å². The summed E-state index contributed by atoms with van der Waals surface area (Å²) < 4.78 is 12.9. The first kappa shape index (κ1) is 26.6. The van der Waals surface area contributed by atoms with E-state index in [1.807, 2.05) is 12.3 Å². The first-order valence-corrected chi connectivity index (χ1v) is 14.8. The summed E-state index contributed by atoms with van der Waals surface area (Å²) in [4.78, 5) is 4.77. The highest BCUT2D eigenvalue weighted by atomic mass is 127. The number of rotatable bonds is 7. The molecule has 202 valence electrons. The first-order valence-electron chi connectivity index (χ1n) is 13.7. The summed E-state index contributed by atoms with van der Waals surface area (Å²) in [6.07, 6.45) is 7.70. The molecule has 0 fully saturated rings. The van der Waals surface area contributed by atoms with Crippen molar-refractivity contribution < 1.29 is 9.47 Å². The van der Waals surface area contributed by atoms with Crippen LogP contribution < -0.4 is 14.8 Å². The number of fused-ring (bicyclic) bond motifs is 3. The van der Waals surface area contributed by atoms with Gasteiger partial charge in [-0.1, -0.05) is 71.8 Å². The Hall–Kier alpha value is -3.58. The largest absolute Gasteiger partial charge is 0.493 e. The molecule has 6 rings (SSSR count).